The van der Waals surface area contributed by atoms with Crippen LogP contribution in [0.4, 0.5) is 5.82 Å². The van der Waals surface area contributed by atoms with Gasteiger partial charge in [-0.05, 0) is 49.4 Å². The number of aromatic amines is 1. The first kappa shape index (κ1) is 15.0. The van der Waals surface area contributed by atoms with Crippen molar-refractivity contribution in [3.8, 4) is 0 Å². The third-order valence-electron chi connectivity index (χ3n) is 3.63. The lowest BCUT2D eigenvalue weighted by molar-refractivity contribution is -0.116. The van der Waals surface area contributed by atoms with Crippen LogP contribution in [0.15, 0.2) is 39.6 Å². The minimum absolute atomic E-state index is 0.0764. The molecule has 6 heteroatoms. The summed E-state index contributed by atoms with van der Waals surface area (Å²) in [5, 5.41) is 7.39. The van der Waals surface area contributed by atoms with Gasteiger partial charge in [-0.1, -0.05) is 11.2 Å². The summed E-state index contributed by atoms with van der Waals surface area (Å²) in [5.74, 6) is 0.967. The molecule has 0 saturated carbocycles. The number of aryl methyl sites for hydroxylation is 3. The summed E-state index contributed by atoms with van der Waals surface area (Å²) >= 11 is 0. The SMILES string of the molecule is Cc1cc(NC(=O)CCc2ccc3[nH]c(=O)c(C)cc3c2)no1. The highest BCUT2D eigenvalue weighted by Gasteiger charge is 2.07. The number of fused-ring (bicyclic) bond motifs is 1. The number of carbonyl (C=O) groups is 1. The van der Waals surface area contributed by atoms with Crippen LogP contribution in [0.2, 0.25) is 0 Å². The van der Waals surface area contributed by atoms with Gasteiger partial charge in [0, 0.05) is 23.6 Å². The molecule has 6 nitrogen and oxygen atoms in total. The van der Waals surface area contributed by atoms with Gasteiger partial charge >= 0.3 is 0 Å². The zero-order valence-electron chi connectivity index (χ0n) is 13.0. The Balaban J connectivity index is 1.68. The molecule has 0 aliphatic carbocycles. The smallest absolute Gasteiger partial charge is 0.251 e. The topological polar surface area (TPSA) is 88.0 Å². The number of amides is 1. The molecule has 23 heavy (non-hydrogen) atoms. The van der Waals surface area contributed by atoms with Crippen LogP contribution < -0.4 is 10.9 Å². The lowest BCUT2D eigenvalue weighted by Crippen LogP contribution is -2.12. The van der Waals surface area contributed by atoms with Crippen molar-refractivity contribution in [2.75, 3.05) is 5.32 Å². The number of H-pyrrole nitrogens is 1. The van der Waals surface area contributed by atoms with Gasteiger partial charge < -0.3 is 14.8 Å². The van der Waals surface area contributed by atoms with Gasteiger partial charge in [0.05, 0.1) is 0 Å². The highest BCUT2D eigenvalue weighted by molar-refractivity contribution is 5.90. The predicted molar refractivity (Wildman–Crippen MR) is 87.5 cm³/mol. The number of pyridine rings is 1. The largest absolute Gasteiger partial charge is 0.360 e. The van der Waals surface area contributed by atoms with Crippen LogP contribution in [-0.4, -0.2) is 16.0 Å². The monoisotopic (exact) mass is 311 g/mol. The number of benzene rings is 1. The summed E-state index contributed by atoms with van der Waals surface area (Å²) in [5.41, 5.74) is 2.43. The Morgan fingerprint density at radius 1 is 1.26 bits per heavy atom. The van der Waals surface area contributed by atoms with Crippen molar-refractivity contribution in [1.29, 1.82) is 0 Å². The van der Waals surface area contributed by atoms with Crippen LogP contribution in [0, 0.1) is 13.8 Å². The molecule has 0 saturated heterocycles. The van der Waals surface area contributed by atoms with Gasteiger partial charge in [-0.2, -0.15) is 0 Å². The molecule has 0 aliphatic heterocycles. The van der Waals surface area contributed by atoms with E-state index < -0.39 is 0 Å². The van der Waals surface area contributed by atoms with E-state index in [-0.39, 0.29) is 11.5 Å². The lowest BCUT2D eigenvalue weighted by atomic mass is 10.1. The molecule has 0 bridgehead atoms. The fourth-order valence-electron chi connectivity index (χ4n) is 2.41. The number of aromatic nitrogens is 2. The normalized spacial score (nSPS) is 10.9. The van der Waals surface area contributed by atoms with E-state index in [2.05, 4.69) is 15.5 Å². The standard InChI is InChI=1S/C17H17N3O3/c1-10-7-13-9-12(3-5-14(13)18-17(10)22)4-6-16(21)19-15-8-11(2)23-20-15/h3,5,7-9H,4,6H2,1-2H3,(H,18,22)(H,19,20,21). The Hall–Kier alpha value is -2.89. The quantitative estimate of drug-likeness (QED) is 0.775. The molecule has 1 amide bonds. The predicted octanol–water partition coefficient (Wildman–Crippen LogP) is 2.70. The van der Waals surface area contributed by atoms with Crippen LogP contribution in [0.5, 0.6) is 0 Å². The van der Waals surface area contributed by atoms with Gasteiger partial charge in [-0.15, -0.1) is 0 Å². The Morgan fingerprint density at radius 2 is 2.09 bits per heavy atom. The van der Waals surface area contributed by atoms with E-state index in [4.69, 9.17) is 4.52 Å². The van der Waals surface area contributed by atoms with E-state index >= 15 is 0 Å². The van der Waals surface area contributed by atoms with E-state index in [0.717, 1.165) is 16.5 Å². The molecule has 2 N–H and O–H groups in total. The van der Waals surface area contributed by atoms with Gasteiger partial charge in [0.25, 0.3) is 5.56 Å². The molecule has 0 spiro atoms. The Bertz CT molecular complexity index is 924. The summed E-state index contributed by atoms with van der Waals surface area (Å²) in [6.07, 6.45) is 0.955. The maximum atomic E-state index is 11.9. The van der Waals surface area contributed by atoms with E-state index in [1.54, 1.807) is 19.9 Å². The number of anilines is 1. The van der Waals surface area contributed by atoms with Gasteiger partial charge in [-0.3, -0.25) is 9.59 Å². The van der Waals surface area contributed by atoms with Crippen molar-refractivity contribution in [2.24, 2.45) is 0 Å². The lowest BCUT2D eigenvalue weighted by Gasteiger charge is -2.05. The highest BCUT2D eigenvalue weighted by atomic mass is 16.5. The molecular weight excluding hydrogens is 294 g/mol. The third kappa shape index (κ3) is 3.48. The van der Waals surface area contributed by atoms with E-state index in [1.165, 1.54) is 0 Å². The zero-order chi connectivity index (χ0) is 16.4. The zero-order valence-corrected chi connectivity index (χ0v) is 13.0. The molecule has 0 aliphatic rings. The van der Waals surface area contributed by atoms with Crippen LogP contribution in [0.3, 0.4) is 0 Å². The maximum Gasteiger partial charge on any atom is 0.251 e. The molecule has 118 valence electrons. The third-order valence-corrected chi connectivity index (χ3v) is 3.63. The van der Waals surface area contributed by atoms with Crippen molar-refractivity contribution in [3.05, 3.63) is 57.6 Å². The summed E-state index contributed by atoms with van der Waals surface area (Å²) in [7, 11) is 0. The molecule has 2 heterocycles. The molecule has 3 aromatic rings. The summed E-state index contributed by atoms with van der Waals surface area (Å²) in [6.45, 7) is 3.54. The molecule has 1 aromatic carbocycles. The number of rotatable bonds is 4. The molecular formula is C17H17N3O3. The summed E-state index contributed by atoms with van der Waals surface area (Å²) in [6, 6.07) is 9.31. The molecule has 2 aromatic heterocycles. The van der Waals surface area contributed by atoms with E-state index in [9.17, 15) is 9.59 Å². The van der Waals surface area contributed by atoms with Gasteiger partial charge in [0.15, 0.2) is 5.82 Å². The van der Waals surface area contributed by atoms with Crippen LogP contribution in [-0.2, 0) is 11.2 Å². The van der Waals surface area contributed by atoms with Crippen molar-refractivity contribution in [3.63, 3.8) is 0 Å². The number of carbonyl (C=O) groups excluding carboxylic acids is 1. The van der Waals surface area contributed by atoms with Gasteiger partial charge in [-0.25, -0.2) is 0 Å². The van der Waals surface area contributed by atoms with E-state index in [0.29, 0.717) is 30.0 Å². The minimum Gasteiger partial charge on any atom is -0.360 e. The number of nitrogens with one attached hydrogen (secondary N) is 2. The van der Waals surface area contributed by atoms with Crippen molar-refractivity contribution in [1.82, 2.24) is 10.1 Å². The van der Waals surface area contributed by atoms with Crippen LogP contribution >= 0.6 is 0 Å². The molecule has 0 atom stereocenters. The maximum absolute atomic E-state index is 11.9. The molecule has 3 rings (SSSR count). The highest BCUT2D eigenvalue weighted by Crippen LogP contribution is 2.15. The fourth-order valence-corrected chi connectivity index (χ4v) is 2.41. The first-order valence-corrected chi connectivity index (χ1v) is 7.37. The Morgan fingerprint density at radius 3 is 2.83 bits per heavy atom. The minimum atomic E-state index is -0.115. The Labute approximate surface area is 132 Å². The van der Waals surface area contributed by atoms with Crippen LogP contribution in [0.1, 0.15) is 23.3 Å². The van der Waals surface area contributed by atoms with E-state index in [1.807, 2.05) is 24.3 Å². The van der Waals surface area contributed by atoms with Gasteiger partial charge in [0.1, 0.15) is 5.76 Å². The van der Waals surface area contributed by atoms with Crippen LogP contribution in [0.25, 0.3) is 10.9 Å². The van der Waals surface area contributed by atoms with Crippen molar-refractivity contribution < 1.29 is 9.32 Å². The molecule has 0 fully saturated rings. The fraction of sp³-hybridized carbons (Fsp3) is 0.235. The second kappa shape index (κ2) is 6.08. The number of nitrogens with zero attached hydrogens (tertiary/aromatic N) is 1. The Kier molecular flexibility index (Phi) is 3.97. The number of hydrogen-bond acceptors (Lipinski definition) is 4. The van der Waals surface area contributed by atoms with Crippen molar-refractivity contribution in [2.45, 2.75) is 26.7 Å². The number of hydrogen-bond donors (Lipinski definition) is 2. The summed E-state index contributed by atoms with van der Waals surface area (Å²) < 4.78 is 4.90. The second-order valence-corrected chi connectivity index (χ2v) is 5.57. The van der Waals surface area contributed by atoms with Crippen molar-refractivity contribution >= 4 is 22.6 Å². The first-order chi connectivity index (χ1) is 11.0. The molecule has 0 unspecified atom stereocenters. The molecule has 0 radical (unpaired) electrons. The summed E-state index contributed by atoms with van der Waals surface area (Å²) in [4.78, 5) is 26.3. The second-order valence-electron chi connectivity index (χ2n) is 5.57. The average molecular weight is 311 g/mol. The van der Waals surface area contributed by atoms with Gasteiger partial charge in [0.2, 0.25) is 5.91 Å². The average Bonchev–Trinajstić information content (AvgIpc) is 2.91. The first-order valence-electron chi connectivity index (χ1n) is 7.37.